The van der Waals surface area contributed by atoms with E-state index in [4.69, 9.17) is 0 Å². The molecule has 6 heteroatoms. The lowest BCUT2D eigenvalue weighted by atomic mass is 9.94. The zero-order valence-electron chi connectivity index (χ0n) is 18.4. The van der Waals surface area contributed by atoms with E-state index in [1.807, 2.05) is 74.5 Å². The molecule has 1 saturated heterocycles. The Balaban J connectivity index is 1.68. The van der Waals surface area contributed by atoms with Gasteiger partial charge >= 0.3 is 0 Å². The van der Waals surface area contributed by atoms with E-state index in [1.165, 1.54) is 4.31 Å². The molecule has 3 aromatic rings. The van der Waals surface area contributed by atoms with Gasteiger partial charge in [-0.15, -0.1) is 0 Å². The number of carbonyl (C=O) groups is 1. The van der Waals surface area contributed by atoms with Crippen molar-refractivity contribution in [2.45, 2.75) is 32.7 Å². The van der Waals surface area contributed by atoms with Gasteiger partial charge in [0.1, 0.15) is 0 Å². The van der Waals surface area contributed by atoms with Crippen LogP contribution in [0.4, 0.5) is 5.69 Å². The number of hydrogen-bond acceptors (Lipinski definition) is 3. The quantitative estimate of drug-likeness (QED) is 0.612. The zero-order chi connectivity index (χ0) is 22.7. The van der Waals surface area contributed by atoms with Crippen molar-refractivity contribution in [2.75, 3.05) is 16.6 Å². The topological polar surface area (TPSA) is 66.5 Å². The first-order valence-electron chi connectivity index (χ1n) is 10.9. The summed E-state index contributed by atoms with van der Waals surface area (Å²) < 4.78 is 26.7. The van der Waals surface area contributed by atoms with Crippen LogP contribution in [0.2, 0.25) is 0 Å². The Morgan fingerprint density at radius 1 is 0.906 bits per heavy atom. The minimum atomic E-state index is -3.35. The van der Waals surface area contributed by atoms with E-state index < -0.39 is 10.0 Å². The molecule has 1 amide bonds. The van der Waals surface area contributed by atoms with Gasteiger partial charge in [-0.2, -0.15) is 0 Å². The summed E-state index contributed by atoms with van der Waals surface area (Å²) >= 11 is 0. The minimum absolute atomic E-state index is 0.145. The molecule has 1 atom stereocenters. The second-order valence-electron chi connectivity index (χ2n) is 8.27. The van der Waals surface area contributed by atoms with Crippen LogP contribution in [0.5, 0.6) is 0 Å². The number of amides is 1. The molecule has 0 aliphatic carbocycles. The fraction of sp³-hybridized carbons (Fsp3) is 0.269. The van der Waals surface area contributed by atoms with E-state index in [0.29, 0.717) is 24.2 Å². The number of aryl methyl sites for hydroxylation is 2. The summed E-state index contributed by atoms with van der Waals surface area (Å²) in [4.78, 5) is 13.3. The van der Waals surface area contributed by atoms with Gasteiger partial charge in [0, 0.05) is 12.1 Å². The number of benzene rings is 3. The summed E-state index contributed by atoms with van der Waals surface area (Å²) in [6, 6.07) is 22.8. The molecular formula is C26H28N2O3S. The van der Waals surface area contributed by atoms with Crippen LogP contribution in [0.3, 0.4) is 0 Å². The van der Waals surface area contributed by atoms with Gasteiger partial charge < -0.3 is 5.32 Å². The van der Waals surface area contributed by atoms with Crippen molar-refractivity contribution in [3.63, 3.8) is 0 Å². The van der Waals surface area contributed by atoms with Gasteiger partial charge in [-0.05, 0) is 61.1 Å². The predicted octanol–water partition coefficient (Wildman–Crippen LogP) is 4.75. The third kappa shape index (κ3) is 4.55. The second-order valence-corrected chi connectivity index (χ2v) is 10.3. The van der Waals surface area contributed by atoms with Gasteiger partial charge in [0.2, 0.25) is 10.0 Å². The third-order valence-corrected chi connectivity index (χ3v) is 7.85. The fourth-order valence-corrected chi connectivity index (χ4v) is 5.88. The number of anilines is 1. The van der Waals surface area contributed by atoms with Crippen LogP contribution in [0.25, 0.3) is 0 Å². The smallest absolute Gasteiger partial charge is 0.252 e. The zero-order valence-corrected chi connectivity index (χ0v) is 19.2. The molecule has 1 heterocycles. The van der Waals surface area contributed by atoms with Crippen LogP contribution in [-0.2, 0) is 10.0 Å². The molecule has 1 N–H and O–H groups in total. The van der Waals surface area contributed by atoms with Gasteiger partial charge in [0.25, 0.3) is 5.91 Å². The lowest BCUT2D eigenvalue weighted by molar-refractivity contribution is 0.0943. The van der Waals surface area contributed by atoms with Crippen LogP contribution in [0.1, 0.15) is 51.5 Å². The molecule has 5 nitrogen and oxygen atoms in total. The monoisotopic (exact) mass is 448 g/mol. The standard InChI is InChI=1S/C26H28N2O3S/c1-19-10-6-7-13-23(19)25(21-11-4-3-5-12-21)27-26(29)22-15-14-20(2)24(18-22)28-16-8-9-17-32(28,30)31/h3-7,10-15,18,25H,8-9,16-17H2,1-2H3,(H,27,29)/t25-/m1/s1. The van der Waals surface area contributed by atoms with Gasteiger partial charge in [0.05, 0.1) is 17.5 Å². The van der Waals surface area contributed by atoms with Gasteiger partial charge in [-0.3, -0.25) is 9.10 Å². The maximum Gasteiger partial charge on any atom is 0.252 e. The van der Waals surface area contributed by atoms with Crippen molar-refractivity contribution in [3.8, 4) is 0 Å². The highest BCUT2D eigenvalue weighted by molar-refractivity contribution is 7.92. The van der Waals surface area contributed by atoms with Crippen LogP contribution in [0, 0.1) is 13.8 Å². The summed E-state index contributed by atoms with van der Waals surface area (Å²) in [5.41, 5.74) is 4.97. The molecule has 0 aromatic heterocycles. The number of nitrogens with one attached hydrogen (secondary N) is 1. The fourth-order valence-electron chi connectivity index (χ4n) is 4.19. The van der Waals surface area contributed by atoms with E-state index >= 15 is 0 Å². The summed E-state index contributed by atoms with van der Waals surface area (Å²) in [5, 5.41) is 3.17. The molecule has 1 aliphatic heterocycles. The van der Waals surface area contributed by atoms with Crippen molar-refractivity contribution in [1.82, 2.24) is 5.32 Å². The van der Waals surface area contributed by atoms with Crippen molar-refractivity contribution >= 4 is 21.6 Å². The van der Waals surface area contributed by atoms with Crippen LogP contribution < -0.4 is 9.62 Å². The molecule has 0 unspecified atom stereocenters. The van der Waals surface area contributed by atoms with Crippen molar-refractivity contribution in [2.24, 2.45) is 0 Å². The van der Waals surface area contributed by atoms with Gasteiger partial charge in [-0.25, -0.2) is 8.42 Å². The number of sulfonamides is 1. The normalized spacial score (nSPS) is 16.4. The molecule has 32 heavy (non-hydrogen) atoms. The summed E-state index contributed by atoms with van der Waals surface area (Å²) in [7, 11) is -3.35. The first-order valence-corrected chi connectivity index (χ1v) is 12.5. The van der Waals surface area contributed by atoms with E-state index in [-0.39, 0.29) is 17.7 Å². The van der Waals surface area contributed by atoms with Crippen molar-refractivity contribution in [3.05, 3.63) is 101 Å². The molecule has 166 valence electrons. The largest absolute Gasteiger partial charge is 0.341 e. The summed E-state index contributed by atoms with van der Waals surface area (Å²) in [6.45, 7) is 4.36. The molecule has 1 fully saturated rings. The highest BCUT2D eigenvalue weighted by Gasteiger charge is 2.28. The molecule has 4 rings (SSSR count). The van der Waals surface area contributed by atoms with E-state index in [2.05, 4.69) is 5.32 Å². The third-order valence-electron chi connectivity index (χ3n) is 6.00. The Bertz CT molecular complexity index is 1220. The highest BCUT2D eigenvalue weighted by atomic mass is 32.2. The Morgan fingerprint density at radius 3 is 2.34 bits per heavy atom. The summed E-state index contributed by atoms with van der Waals surface area (Å²) in [5.74, 6) is -0.0931. The van der Waals surface area contributed by atoms with E-state index in [0.717, 1.165) is 28.7 Å². The van der Waals surface area contributed by atoms with E-state index in [9.17, 15) is 13.2 Å². The van der Waals surface area contributed by atoms with Gasteiger partial charge in [-0.1, -0.05) is 60.7 Å². The van der Waals surface area contributed by atoms with Gasteiger partial charge in [0.15, 0.2) is 0 Å². The van der Waals surface area contributed by atoms with Crippen LogP contribution in [0.15, 0.2) is 72.8 Å². The molecule has 0 spiro atoms. The molecule has 3 aromatic carbocycles. The average molecular weight is 449 g/mol. The summed E-state index contributed by atoms with van der Waals surface area (Å²) in [6.07, 6.45) is 1.49. The Labute approximate surface area is 190 Å². The molecular weight excluding hydrogens is 420 g/mol. The molecule has 1 aliphatic rings. The first-order chi connectivity index (χ1) is 15.4. The Hall–Kier alpha value is -3.12. The van der Waals surface area contributed by atoms with E-state index in [1.54, 1.807) is 12.1 Å². The lowest BCUT2D eigenvalue weighted by Crippen LogP contribution is -2.38. The molecule has 0 radical (unpaired) electrons. The number of hydrogen-bond donors (Lipinski definition) is 1. The number of nitrogens with zero attached hydrogens (tertiary/aromatic N) is 1. The molecule has 0 saturated carbocycles. The first kappa shape index (κ1) is 22.1. The van der Waals surface area contributed by atoms with Crippen molar-refractivity contribution in [1.29, 1.82) is 0 Å². The SMILES string of the molecule is Cc1ccccc1[C@H](NC(=O)c1ccc(C)c(N2CCCCS2(=O)=O)c1)c1ccccc1. The Morgan fingerprint density at radius 2 is 1.62 bits per heavy atom. The predicted molar refractivity (Wildman–Crippen MR) is 128 cm³/mol. The highest BCUT2D eigenvalue weighted by Crippen LogP contribution is 2.29. The second kappa shape index (κ2) is 9.17. The average Bonchev–Trinajstić information content (AvgIpc) is 2.79. The van der Waals surface area contributed by atoms with Crippen LogP contribution >= 0.6 is 0 Å². The Kier molecular flexibility index (Phi) is 6.33. The number of carbonyl (C=O) groups excluding carboxylic acids is 1. The van der Waals surface area contributed by atoms with Crippen LogP contribution in [-0.4, -0.2) is 26.6 Å². The minimum Gasteiger partial charge on any atom is -0.341 e. The maximum absolute atomic E-state index is 13.3. The van der Waals surface area contributed by atoms with Crippen molar-refractivity contribution < 1.29 is 13.2 Å². The molecule has 0 bridgehead atoms. The number of rotatable bonds is 5. The lowest BCUT2D eigenvalue weighted by Gasteiger charge is -2.30. The maximum atomic E-state index is 13.3.